The van der Waals surface area contributed by atoms with Crippen LogP contribution in [0.3, 0.4) is 0 Å². The van der Waals surface area contributed by atoms with Crippen LogP contribution in [0.15, 0.2) is 48.7 Å². The molecule has 0 aliphatic heterocycles. The van der Waals surface area contributed by atoms with Crippen LogP contribution in [0.5, 0.6) is 0 Å². The van der Waals surface area contributed by atoms with Gasteiger partial charge in [-0.25, -0.2) is 4.98 Å². The zero-order valence-corrected chi connectivity index (χ0v) is 15.6. The van der Waals surface area contributed by atoms with Gasteiger partial charge >= 0.3 is 0 Å². The first-order valence-corrected chi connectivity index (χ1v) is 9.16. The first kappa shape index (κ1) is 17.7. The average molecular weight is 375 g/mol. The number of rotatable bonds is 6. The molecule has 0 bridgehead atoms. The number of nitrogens with zero attached hydrogens (tertiary/aromatic N) is 2. The van der Waals surface area contributed by atoms with Crippen molar-refractivity contribution in [1.29, 1.82) is 0 Å². The number of carbonyl (C=O) groups is 1. The van der Waals surface area contributed by atoms with E-state index in [1.165, 1.54) is 11.3 Å². The molecule has 25 heavy (non-hydrogen) atoms. The summed E-state index contributed by atoms with van der Waals surface area (Å²) < 4.78 is 2.58. The molecule has 0 radical (unpaired) electrons. The van der Waals surface area contributed by atoms with Gasteiger partial charge in [0.05, 0.1) is 15.8 Å². The summed E-state index contributed by atoms with van der Waals surface area (Å²) >= 11 is 7.49. The highest BCUT2D eigenvalue weighted by Crippen LogP contribution is 2.32. The van der Waals surface area contributed by atoms with E-state index in [-0.39, 0.29) is 18.5 Å². The first-order chi connectivity index (χ1) is 12.0. The van der Waals surface area contributed by atoms with Crippen molar-refractivity contribution in [2.45, 2.75) is 19.9 Å². The monoisotopic (exact) mass is 374 g/mol. The highest BCUT2D eigenvalue weighted by molar-refractivity contribution is 7.19. The Labute approximate surface area is 155 Å². The molecule has 0 aliphatic rings. The van der Waals surface area contributed by atoms with E-state index in [2.05, 4.69) is 15.6 Å². The van der Waals surface area contributed by atoms with Gasteiger partial charge in [-0.15, -0.1) is 11.3 Å². The van der Waals surface area contributed by atoms with E-state index in [0.29, 0.717) is 10.3 Å². The van der Waals surface area contributed by atoms with Gasteiger partial charge in [-0.3, -0.25) is 14.7 Å². The molecule has 130 valence electrons. The predicted octanol–water partition coefficient (Wildman–Crippen LogP) is 4.19. The summed E-state index contributed by atoms with van der Waals surface area (Å²) in [5.74, 6) is 0.355. The number of imidazole rings is 1. The lowest BCUT2D eigenvalue weighted by Gasteiger charge is -2.10. The van der Waals surface area contributed by atoms with Crippen LogP contribution < -0.4 is 10.6 Å². The Balaban J connectivity index is 1.92. The number of aromatic nitrogens is 2. The summed E-state index contributed by atoms with van der Waals surface area (Å²) in [4.78, 5) is 17.8. The Kier molecular flexibility index (Phi) is 5.53. The Hall–Kier alpha value is -2.15. The quantitative estimate of drug-likeness (QED) is 0.680. The Morgan fingerprint density at radius 2 is 2.00 bits per heavy atom. The number of benzene rings is 1. The van der Waals surface area contributed by atoms with E-state index in [1.807, 2.05) is 67.1 Å². The third kappa shape index (κ3) is 4.48. The zero-order chi connectivity index (χ0) is 17.8. The highest BCUT2D eigenvalue weighted by atomic mass is 35.5. The van der Waals surface area contributed by atoms with Crippen LogP contribution in [0.2, 0.25) is 4.34 Å². The standard InChI is InChI=1S/C18H19ClN4OS/c1-12(2)20-10-17(24)22-18-21-14(15-8-9-16(19)25-15)11-23(18)13-6-4-3-5-7-13/h3-9,11-12,20H,10H2,1-2H3,(H,21,22,24). The van der Waals surface area contributed by atoms with Crippen molar-refractivity contribution >= 4 is 34.8 Å². The molecule has 3 rings (SSSR count). The number of hydrogen-bond donors (Lipinski definition) is 2. The van der Waals surface area contributed by atoms with Crippen LogP contribution in [0.4, 0.5) is 5.95 Å². The van der Waals surface area contributed by atoms with E-state index in [4.69, 9.17) is 11.6 Å². The SMILES string of the molecule is CC(C)NCC(=O)Nc1nc(-c2ccc(Cl)s2)cn1-c1ccccc1. The number of para-hydroxylation sites is 1. The Morgan fingerprint density at radius 1 is 1.24 bits per heavy atom. The largest absolute Gasteiger partial charge is 0.306 e. The molecule has 5 nitrogen and oxygen atoms in total. The molecule has 2 heterocycles. The topological polar surface area (TPSA) is 59.0 Å². The smallest absolute Gasteiger partial charge is 0.240 e. The summed E-state index contributed by atoms with van der Waals surface area (Å²) in [6.07, 6.45) is 1.91. The Bertz CT molecular complexity index is 857. The van der Waals surface area contributed by atoms with Gasteiger partial charge in [-0.2, -0.15) is 0 Å². The summed E-state index contributed by atoms with van der Waals surface area (Å²) in [6, 6.07) is 13.8. The fraction of sp³-hybridized carbons (Fsp3) is 0.222. The molecule has 7 heteroatoms. The fourth-order valence-electron chi connectivity index (χ4n) is 2.29. The van der Waals surface area contributed by atoms with E-state index >= 15 is 0 Å². The molecule has 0 fully saturated rings. The maximum atomic E-state index is 12.2. The number of halogens is 1. The molecule has 0 spiro atoms. The van der Waals surface area contributed by atoms with E-state index in [0.717, 1.165) is 16.3 Å². The van der Waals surface area contributed by atoms with Gasteiger partial charge in [-0.1, -0.05) is 43.6 Å². The van der Waals surface area contributed by atoms with Gasteiger partial charge in [0.15, 0.2) is 0 Å². The minimum atomic E-state index is -0.132. The van der Waals surface area contributed by atoms with Crippen molar-refractivity contribution < 1.29 is 4.79 Å². The second-order valence-corrected chi connectivity index (χ2v) is 7.56. The fourth-order valence-corrected chi connectivity index (χ4v) is 3.29. The van der Waals surface area contributed by atoms with E-state index in [9.17, 15) is 4.79 Å². The van der Waals surface area contributed by atoms with Crippen LogP contribution in [-0.4, -0.2) is 28.0 Å². The normalized spacial score (nSPS) is 11.0. The van der Waals surface area contributed by atoms with Crippen molar-refractivity contribution in [3.63, 3.8) is 0 Å². The van der Waals surface area contributed by atoms with Gasteiger partial charge in [0.2, 0.25) is 11.9 Å². The molecule has 3 aromatic rings. The van der Waals surface area contributed by atoms with Crippen molar-refractivity contribution in [1.82, 2.24) is 14.9 Å². The lowest BCUT2D eigenvalue weighted by molar-refractivity contribution is -0.115. The minimum Gasteiger partial charge on any atom is -0.306 e. The molecule has 1 aromatic carbocycles. The molecule has 0 atom stereocenters. The van der Waals surface area contributed by atoms with Crippen molar-refractivity contribution in [2.24, 2.45) is 0 Å². The molecule has 2 N–H and O–H groups in total. The number of nitrogens with one attached hydrogen (secondary N) is 2. The Morgan fingerprint density at radius 3 is 2.64 bits per heavy atom. The molecule has 0 saturated carbocycles. The summed E-state index contributed by atoms with van der Waals surface area (Å²) in [6.45, 7) is 4.23. The highest BCUT2D eigenvalue weighted by Gasteiger charge is 2.15. The third-order valence-electron chi connectivity index (χ3n) is 3.49. The molecular weight excluding hydrogens is 356 g/mol. The van der Waals surface area contributed by atoms with Crippen LogP contribution in [0, 0.1) is 0 Å². The maximum absolute atomic E-state index is 12.2. The van der Waals surface area contributed by atoms with Gasteiger partial charge in [0.1, 0.15) is 5.69 Å². The summed E-state index contributed by atoms with van der Waals surface area (Å²) in [7, 11) is 0. The van der Waals surface area contributed by atoms with Crippen LogP contribution in [0.1, 0.15) is 13.8 Å². The van der Waals surface area contributed by atoms with E-state index in [1.54, 1.807) is 0 Å². The zero-order valence-electron chi connectivity index (χ0n) is 14.0. The third-order valence-corrected chi connectivity index (χ3v) is 4.74. The molecule has 1 amide bonds. The van der Waals surface area contributed by atoms with Crippen LogP contribution in [0.25, 0.3) is 16.3 Å². The molecule has 2 aromatic heterocycles. The number of anilines is 1. The maximum Gasteiger partial charge on any atom is 0.240 e. The first-order valence-electron chi connectivity index (χ1n) is 7.96. The van der Waals surface area contributed by atoms with Crippen molar-refractivity contribution in [2.75, 3.05) is 11.9 Å². The van der Waals surface area contributed by atoms with Gasteiger partial charge in [-0.05, 0) is 24.3 Å². The summed E-state index contributed by atoms with van der Waals surface area (Å²) in [5.41, 5.74) is 1.70. The van der Waals surface area contributed by atoms with Gasteiger partial charge < -0.3 is 5.32 Å². The van der Waals surface area contributed by atoms with Gasteiger partial charge in [0.25, 0.3) is 0 Å². The number of amides is 1. The number of thiophene rings is 1. The second kappa shape index (κ2) is 7.82. The van der Waals surface area contributed by atoms with Gasteiger partial charge in [0, 0.05) is 17.9 Å². The average Bonchev–Trinajstić information content (AvgIpc) is 3.20. The van der Waals surface area contributed by atoms with Crippen LogP contribution >= 0.6 is 22.9 Å². The molecule has 0 saturated heterocycles. The minimum absolute atomic E-state index is 0.132. The lowest BCUT2D eigenvalue weighted by atomic mass is 10.3. The van der Waals surface area contributed by atoms with Crippen molar-refractivity contribution in [3.8, 4) is 16.3 Å². The second-order valence-electron chi connectivity index (χ2n) is 5.84. The molecule has 0 unspecified atom stereocenters. The van der Waals surface area contributed by atoms with E-state index < -0.39 is 0 Å². The summed E-state index contributed by atoms with van der Waals surface area (Å²) in [5, 5.41) is 5.99. The number of hydrogen-bond acceptors (Lipinski definition) is 4. The molecule has 0 aliphatic carbocycles. The number of carbonyl (C=O) groups excluding carboxylic acids is 1. The lowest BCUT2D eigenvalue weighted by Crippen LogP contribution is -2.33. The van der Waals surface area contributed by atoms with Crippen molar-refractivity contribution in [3.05, 3.63) is 53.0 Å². The molecular formula is C18H19ClN4OS. The predicted molar refractivity (Wildman–Crippen MR) is 104 cm³/mol. The van der Waals surface area contributed by atoms with Crippen LogP contribution in [-0.2, 0) is 4.79 Å².